The Morgan fingerprint density at radius 3 is 2.51 bits per heavy atom. The van der Waals surface area contributed by atoms with Crippen molar-refractivity contribution in [3.63, 3.8) is 0 Å². The minimum Gasteiger partial charge on any atom is -0.503 e. The molecule has 1 amide bonds. The number of benzene rings is 3. The highest BCUT2D eigenvalue weighted by atomic mass is 35.5. The summed E-state index contributed by atoms with van der Waals surface area (Å²) in [6.07, 6.45) is -0.0799. The quantitative estimate of drug-likeness (QED) is 0.245. The Hall–Kier alpha value is -4.23. The lowest BCUT2D eigenvalue weighted by molar-refractivity contribution is -0.117. The Morgan fingerprint density at radius 1 is 1.05 bits per heavy atom. The molecule has 5 rings (SSSR count). The van der Waals surface area contributed by atoms with E-state index >= 15 is 0 Å². The second-order valence-electron chi connectivity index (χ2n) is 9.81. The van der Waals surface area contributed by atoms with Crippen molar-refractivity contribution in [3.8, 4) is 11.5 Å². The van der Waals surface area contributed by atoms with Crippen LogP contribution in [0.25, 0.3) is 11.0 Å². The number of amides is 1. The van der Waals surface area contributed by atoms with Gasteiger partial charge in [-0.25, -0.2) is 0 Å². The van der Waals surface area contributed by atoms with Gasteiger partial charge >= 0.3 is 0 Å². The average molecular weight is 546 g/mol. The molecule has 0 bridgehead atoms. The minimum atomic E-state index is -0.929. The largest absolute Gasteiger partial charge is 0.503 e. The van der Waals surface area contributed by atoms with E-state index in [1.54, 1.807) is 42.5 Å². The van der Waals surface area contributed by atoms with Gasteiger partial charge in [0.05, 0.1) is 24.8 Å². The molecule has 39 heavy (non-hydrogen) atoms. The van der Waals surface area contributed by atoms with Gasteiger partial charge in [-0.05, 0) is 80.8 Å². The zero-order valence-electron chi connectivity index (χ0n) is 22.2. The van der Waals surface area contributed by atoms with Crippen molar-refractivity contribution in [1.82, 2.24) is 0 Å². The fraction of sp³-hybridized carbons (Fsp3) is 0.226. The van der Waals surface area contributed by atoms with Gasteiger partial charge < -0.3 is 19.0 Å². The highest BCUT2D eigenvalue weighted by Gasteiger charge is 2.45. The van der Waals surface area contributed by atoms with E-state index in [-0.39, 0.29) is 17.4 Å². The molecule has 0 saturated heterocycles. The van der Waals surface area contributed by atoms with Crippen LogP contribution in [0.3, 0.4) is 0 Å². The number of ketones is 1. The first kappa shape index (κ1) is 26.4. The summed E-state index contributed by atoms with van der Waals surface area (Å²) in [5.41, 5.74) is 3.42. The SMILES string of the molecule is COc1cc(Cl)cc2cc(C(=O)C3=C(O)C(=O)N(c4ccc(C)c(C)c4)C3c3cccc(OC(C)C)c3)oc12. The van der Waals surface area contributed by atoms with Crippen LogP contribution in [-0.4, -0.2) is 30.0 Å². The topological polar surface area (TPSA) is 89.2 Å². The maximum absolute atomic E-state index is 14.0. The van der Waals surface area contributed by atoms with E-state index in [0.29, 0.717) is 38.7 Å². The van der Waals surface area contributed by atoms with Crippen LogP contribution < -0.4 is 14.4 Å². The van der Waals surface area contributed by atoms with Gasteiger partial charge in [0, 0.05) is 22.2 Å². The van der Waals surface area contributed by atoms with E-state index in [9.17, 15) is 14.7 Å². The molecule has 4 aromatic rings. The predicted octanol–water partition coefficient (Wildman–Crippen LogP) is 7.28. The zero-order valence-corrected chi connectivity index (χ0v) is 23.0. The first-order chi connectivity index (χ1) is 18.6. The number of hydrogen-bond acceptors (Lipinski definition) is 6. The number of carbonyl (C=O) groups is 2. The highest BCUT2D eigenvalue weighted by Crippen LogP contribution is 2.44. The van der Waals surface area contributed by atoms with Crippen LogP contribution in [-0.2, 0) is 4.79 Å². The second-order valence-corrected chi connectivity index (χ2v) is 10.3. The normalized spacial score (nSPS) is 15.5. The van der Waals surface area contributed by atoms with Gasteiger partial charge in [0.1, 0.15) is 5.75 Å². The first-order valence-electron chi connectivity index (χ1n) is 12.5. The summed E-state index contributed by atoms with van der Waals surface area (Å²) in [7, 11) is 1.47. The lowest BCUT2D eigenvalue weighted by atomic mass is 9.94. The van der Waals surface area contributed by atoms with Crippen LogP contribution >= 0.6 is 11.6 Å². The number of nitrogens with zero attached hydrogens (tertiary/aromatic N) is 1. The summed E-state index contributed by atoms with van der Waals surface area (Å²) in [4.78, 5) is 29.0. The fourth-order valence-corrected chi connectivity index (χ4v) is 5.02. The number of furan rings is 1. The number of aliphatic hydroxyl groups is 1. The summed E-state index contributed by atoms with van der Waals surface area (Å²) < 4.78 is 17.2. The van der Waals surface area contributed by atoms with E-state index in [0.717, 1.165) is 11.1 Å². The molecule has 2 heterocycles. The maximum Gasteiger partial charge on any atom is 0.294 e. The number of hydrogen-bond donors (Lipinski definition) is 1. The molecule has 0 saturated carbocycles. The average Bonchev–Trinajstić information content (AvgIpc) is 3.43. The van der Waals surface area contributed by atoms with Crippen LogP contribution in [0.4, 0.5) is 5.69 Å². The molecule has 7 nitrogen and oxygen atoms in total. The molecule has 8 heteroatoms. The molecular formula is C31H28ClNO6. The van der Waals surface area contributed by atoms with Crippen LogP contribution in [0.2, 0.25) is 5.02 Å². The van der Waals surface area contributed by atoms with Gasteiger partial charge in [-0.1, -0.05) is 29.8 Å². The van der Waals surface area contributed by atoms with Crippen LogP contribution in [0.15, 0.2) is 76.4 Å². The van der Waals surface area contributed by atoms with Gasteiger partial charge in [-0.15, -0.1) is 0 Å². The molecule has 0 fully saturated rings. The summed E-state index contributed by atoms with van der Waals surface area (Å²) in [6, 6.07) is 16.6. The molecule has 1 aliphatic heterocycles. The molecular weight excluding hydrogens is 518 g/mol. The van der Waals surface area contributed by atoms with Crippen molar-refractivity contribution >= 4 is 39.9 Å². The van der Waals surface area contributed by atoms with E-state index in [2.05, 4.69) is 0 Å². The number of methoxy groups -OCH3 is 1. The monoisotopic (exact) mass is 545 g/mol. The predicted molar refractivity (Wildman–Crippen MR) is 150 cm³/mol. The lowest BCUT2D eigenvalue weighted by Gasteiger charge is -2.27. The summed E-state index contributed by atoms with van der Waals surface area (Å²) in [6.45, 7) is 7.74. The first-order valence-corrected chi connectivity index (χ1v) is 12.9. The Bertz CT molecular complexity index is 1650. The third-order valence-corrected chi connectivity index (χ3v) is 6.98. The zero-order chi connectivity index (χ0) is 28.0. The molecule has 1 aromatic heterocycles. The Labute approximate surface area is 231 Å². The van der Waals surface area contributed by atoms with Gasteiger partial charge in [-0.3, -0.25) is 14.5 Å². The molecule has 0 spiro atoms. The number of carbonyl (C=O) groups excluding carboxylic acids is 2. The van der Waals surface area contributed by atoms with Crippen LogP contribution in [0.1, 0.15) is 47.1 Å². The van der Waals surface area contributed by atoms with Crippen molar-refractivity contribution in [2.24, 2.45) is 0 Å². The van der Waals surface area contributed by atoms with Gasteiger partial charge in [-0.2, -0.15) is 0 Å². The van der Waals surface area contributed by atoms with Crippen molar-refractivity contribution in [2.45, 2.75) is 39.8 Å². The van der Waals surface area contributed by atoms with Crippen molar-refractivity contribution in [2.75, 3.05) is 12.0 Å². The molecule has 1 N–H and O–H groups in total. The van der Waals surface area contributed by atoms with Crippen molar-refractivity contribution < 1.29 is 28.6 Å². The molecule has 1 atom stereocenters. The molecule has 0 aliphatic carbocycles. The Balaban J connectivity index is 1.67. The number of rotatable bonds is 7. The smallest absolute Gasteiger partial charge is 0.294 e. The molecule has 3 aromatic carbocycles. The molecule has 1 unspecified atom stereocenters. The maximum atomic E-state index is 14.0. The van der Waals surface area contributed by atoms with E-state index in [4.69, 9.17) is 25.5 Å². The summed E-state index contributed by atoms with van der Waals surface area (Å²) in [5, 5.41) is 12.1. The lowest BCUT2D eigenvalue weighted by Crippen LogP contribution is -2.31. The van der Waals surface area contributed by atoms with Gasteiger partial charge in [0.15, 0.2) is 22.9 Å². The van der Waals surface area contributed by atoms with Crippen LogP contribution in [0.5, 0.6) is 11.5 Å². The number of fused-ring (bicyclic) bond motifs is 1. The molecule has 0 radical (unpaired) electrons. The van der Waals surface area contributed by atoms with E-state index in [1.807, 2.05) is 39.8 Å². The number of aryl methyl sites for hydroxylation is 2. The third-order valence-electron chi connectivity index (χ3n) is 6.76. The van der Waals surface area contributed by atoms with Crippen LogP contribution in [0, 0.1) is 13.8 Å². The fourth-order valence-electron chi connectivity index (χ4n) is 4.81. The van der Waals surface area contributed by atoms with Crippen molar-refractivity contribution in [1.29, 1.82) is 0 Å². The Kier molecular flexibility index (Phi) is 6.87. The van der Waals surface area contributed by atoms with Crippen molar-refractivity contribution in [3.05, 3.63) is 99.5 Å². The molecule has 1 aliphatic rings. The standard InChI is InChI=1S/C31H28ClNO6/c1-16(2)38-23-8-6-7-19(13-23)27-26(29(35)31(36)33(27)22-10-9-17(3)18(4)11-22)28(34)24-14-20-12-21(32)15-25(37-5)30(20)39-24/h6-16,27,35H,1-5H3. The third kappa shape index (κ3) is 4.74. The number of halogens is 1. The number of aliphatic hydroxyl groups excluding tert-OH is 1. The summed E-state index contributed by atoms with van der Waals surface area (Å²) in [5.74, 6) is -1.05. The molecule has 200 valence electrons. The highest BCUT2D eigenvalue weighted by molar-refractivity contribution is 6.31. The van der Waals surface area contributed by atoms with Gasteiger partial charge in [0.25, 0.3) is 5.91 Å². The Morgan fingerprint density at radius 2 is 1.82 bits per heavy atom. The number of ether oxygens (including phenoxy) is 2. The number of Topliss-reactive ketones (excluding diaryl/α,β-unsaturated/α-hetero) is 1. The van der Waals surface area contributed by atoms with E-state index < -0.39 is 23.5 Å². The second kappa shape index (κ2) is 10.2. The minimum absolute atomic E-state index is 0.0542. The van der Waals surface area contributed by atoms with Gasteiger partial charge in [0.2, 0.25) is 5.78 Å². The number of anilines is 1. The summed E-state index contributed by atoms with van der Waals surface area (Å²) >= 11 is 6.21. The van der Waals surface area contributed by atoms with E-state index in [1.165, 1.54) is 18.1 Å².